The number of nitrogens with zero attached hydrogens (tertiary/aromatic N) is 1. The van der Waals surface area contributed by atoms with Crippen molar-refractivity contribution >= 4 is 40.6 Å². The second-order valence-corrected chi connectivity index (χ2v) is 6.64. The number of nitro groups is 1. The number of esters is 1. The standard InChI is InChI=1S/C20H19ClN2O6/c1-3-4-18(24)22-15-8-5-13(6-9-15)19(25)12(2)29-20(26)16-11-14(21)7-10-17(16)23(27)28/h5-12H,3-4H2,1-2H3,(H,22,24). The van der Waals surface area contributed by atoms with Crippen LogP contribution < -0.4 is 5.32 Å². The van der Waals surface area contributed by atoms with E-state index in [2.05, 4.69) is 5.32 Å². The summed E-state index contributed by atoms with van der Waals surface area (Å²) in [6.07, 6.45) is -0.0686. The molecule has 0 aromatic heterocycles. The van der Waals surface area contributed by atoms with Gasteiger partial charge in [-0.25, -0.2) is 4.79 Å². The van der Waals surface area contributed by atoms with Crippen molar-refractivity contribution < 1.29 is 24.0 Å². The molecule has 0 radical (unpaired) electrons. The number of halogens is 1. The van der Waals surface area contributed by atoms with E-state index in [1.807, 2.05) is 6.92 Å². The largest absolute Gasteiger partial charge is 0.450 e. The number of carbonyl (C=O) groups excluding carboxylic acids is 3. The van der Waals surface area contributed by atoms with Gasteiger partial charge in [-0.15, -0.1) is 0 Å². The smallest absolute Gasteiger partial charge is 0.345 e. The zero-order chi connectivity index (χ0) is 21.6. The van der Waals surface area contributed by atoms with Crippen LogP contribution in [0.2, 0.25) is 5.02 Å². The van der Waals surface area contributed by atoms with E-state index in [0.29, 0.717) is 12.1 Å². The van der Waals surface area contributed by atoms with Crippen molar-refractivity contribution in [3.8, 4) is 0 Å². The fourth-order valence-corrected chi connectivity index (χ4v) is 2.68. The number of amides is 1. The van der Waals surface area contributed by atoms with E-state index in [9.17, 15) is 24.5 Å². The van der Waals surface area contributed by atoms with Crippen LogP contribution in [0.5, 0.6) is 0 Å². The number of nitrogens with one attached hydrogen (secondary N) is 1. The van der Waals surface area contributed by atoms with Crippen LogP contribution in [-0.2, 0) is 9.53 Å². The molecule has 0 bridgehead atoms. The Hall–Kier alpha value is -3.26. The van der Waals surface area contributed by atoms with Crippen molar-refractivity contribution in [1.82, 2.24) is 0 Å². The maximum absolute atomic E-state index is 12.5. The predicted octanol–water partition coefficient (Wildman–Crippen LogP) is 4.42. The number of hydrogen-bond donors (Lipinski definition) is 1. The lowest BCUT2D eigenvalue weighted by molar-refractivity contribution is -0.385. The summed E-state index contributed by atoms with van der Waals surface area (Å²) in [5, 5.41) is 13.9. The maximum Gasteiger partial charge on any atom is 0.345 e. The average Bonchev–Trinajstić information content (AvgIpc) is 2.67. The SMILES string of the molecule is CCCC(=O)Nc1ccc(C(=O)C(C)OC(=O)c2cc(Cl)ccc2[N+](=O)[O-])cc1. The number of nitro benzene ring substituents is 1. The molecule has 2 aromatic carbocycles. The Kier molecular flexibility index (Phi) is 7.44. The number of anilines is 1. The monoisotopic (exact) mass is 418 g/mol. The van der Waals surface area contributed by atoms with E-state index < -0.39 is 28.5 Å². The Balaban J connectivity index is 2.09. The Morgan fingerprint density at radius 1 is 1.17 bits per heavy atom. The third kappa shape index (κ3) is 5.86. The van der Waals surface area contributed by atoms with Crippen molar-refractivity contribution in [2.24, 2.45) is 0 Å². The van der Waals surface area contributed by atoms with Crippen LogP contribution in [0, 0.1) is 10.1 Å². The van der Waals surface area contributed by atoms with Crippen LogP contribution in [0.1, 0.15) is 47.4 Å². The van der Waals surface area contributed by atoms with Crippen LogP contribution in [0.25, 0.3) is 0 Å². The quantitative estimate of drug-likeness (QED) is 0.293. The van der Waals surface area contributed by atoms with Gasteiger partial charge in [0.15, 0.2) is 6.10 Å². The molecule has 2 rings (SSSR count). The van der Waals surface area contributed by atoms with Gasteiger partial charge in [-0.2, -0.15) is 0 Å². The van der Waals surface area contributed by atoms with Gasteiger partial charge in [-0.05, 0) is 49.7 Å². The molecule has 1 amide bonds. The molecule has 152 valence electrons. The Morgan fingerprint density at radius 2 is 1.83 bits per heavy atom. The Labute approximate surface area is 172 Å². The highest BCUT2D eigenvalue weighted by Crippen LogP contribution is 2.24. The minimum absolute atomic E-state index is 0.127. The third-order valence-electron chi connectivity index (χ3n) is 3.96. The van der Waals surface area contributed by atoms with Crippen LogP contribution in [0.4, 0.5) is 11.4 Å². The zero-order valence-electron chi connectivity index (χ0n) is 15.8. The number of ether oxygens (including phenoxy) is 1. The van der Waals surface area contributed by atoms with Crippen LogP contribution in [-0.4, -0.2) is 28.7 Å². The molecule has 2 aromatic rings. The molecule has 0 aliphatic heterocycles. The van der Waals surface area contributed by atoms with E-state index >= 15 is 0 Å². The third-order valence-corrected chi connectivity index (χ3v) is 4.19. The minimum Gasteiger partial charge on any atom is -0.450 e. The predicted molar refractivity (Wildman–Crippen MR) is 107 cm³/mol. The van der Waals surface area contributed by atoms with Gasteiger partial charge in [0.05, 0.1) is 4.92 Å². The molecule has 1 unspecified atom stereocenters. The molecule has 0 heterocycles. The molecule has 0 fully saturated rings. The lowest BCUT2D eigenvalue weighted by atomic mass is 10.1. The zero-order valence-corrected chi connectivity index (χ0v) is 16.6. The summed E-state index contributed by atoms with van der Waals surface area (Å²) in [6, 6.07) is 9.62. The molecular formula is C20H19ClN2O6. The van der Waals surface area contributed by atoms with E-state index in [-0.39, 0.29) is 22.1 Å². The second kappa shape index (κ2) is 9.79. The van der Waals surface area contributed by atoms with Crippen LogP contribution >= 0.6 is 11.6 Å². The number of carbonyl (C=O) groups is 3. The summed E-state index contributed by atoms with van der Waals surface area (Å²) in [7, 11) is 0. The first-order valence-electron chi connectivity index (χ1n) is 8.82. The number of ketones is 1. The molecular weight excluding hydrogens is 400 g/mol. The number of rotatable bonds is 8. The van der Waals surface area contributed by atoms with Gasteiger partial charge in [0, 0.05) is 28.8 Å². The van der Waals surface area contributed by atoms with E-state index in [1.165, 1.54) is 25.1 Å². The maximum atomic E-state index is 12.5. The Morgan fingerprint density at radius 3 is 2.41 bits per heavy atom. The normalized spacial score (nSPS) is 11.4. The van der Waals surface area contributed by atoms with Crippen molar-refractivity contribution in [1.29, 1.82) is 0 Å². The molecule has 1 N–H and O–H groups in total. The molecule has 0 saturated heterocycles. The molecule has 0 spiro atoms. The first kappa shape index (κ1) is 22.0. The van der Waals surface area contributed by atoms with Gasteiger partial charge >= 0.3 is 5.97 Å². The summed E-state index contributed by atoms with van der Waals surface area (Å²) >= 11 is 5.80. The molecule has 9 heteroatoms. The van der Waals surface area contributed by atoms with Gasteiger partial charge in [-0.3, -0.25) is 19.7 Å². The van der Waals surface area contributed by atoms with Gasteiger partial charge in [0.1, 0.15) is 5.56 Å². The van der Waals surface area contributed by atoms with Crippen molar-refractivity contribution in [3.05, 3.63) is 68.7 Å². The first-order chi connectivity index (χ1) is 13.7. The summed E-state index contributed by atoms with van der Waals surface area (Å²) in [5.74, 6) is -1.64. The van der Waals surface area contributed by atoms with Crippen molar-refractivity contribution in [2.45, 2.75) is 32.8 Å². The topological polar surface area (TPSA) is 116 Å². The molecule has 0 aliphatic rings. The summed E-state index contributed by atoms with van der Waals surface area (Å²) in [5.41, 5.74) is 0.000872. The van der Waals surface area contributed by atoms with Crippen LogP contribution in [0.15, 0.2) is 42.5 Å². The highest BCUT2D eigenvalue weighted by Gasteiger charge is 2.26. The number of benzene rings is 2. The molecule has 8 nitrogen and oxygen atoms in total. The molecule has 29 heavy (non-hydrogen) atoms. The lowest BCUT2D eigenvalue weighted by Gasteiger charge is -2.13. The summed E-state index contributed by atoms with van der Waals surface area (Å²) in [4.78, 5) is 46.8. The first-order valence-corrected chi connectivity index (χ1v) is 9.19. The summed E-state index contributed by atoms with van der Waals surface area (Å²) < 4.78 is 5.10. The van der Waals surface area contributed by atoms with E-state index in [0.717, 1.165) is 18.6 Å². The molecule has 0 saturated carbocycles. The second-order valence-electron chi connectivity index (χ2n) is 6.21. The number of Topliss-reactive ketones (excluding diaryl/α,β-unsaturated/α-hetero) is 1. The van der Waals surface area contributed by atoms with Crippen LogP contribution in [0.3, 0.4) is 0 Å². The van der Waals surface area contributed by atoms with Crippen molar-refractivity contribution in [3.63, 3.8) is 0 Å². The highest BCUT2D eigenvalue weighted by atomic mass is 35.5. The van der Waals surface area contributed by atoms with Crippen molar-refractivity contribution in [2.75, 3.05) is 5.32 Å². The molecule has 1 atom stereocenters. The van der Waals surface area contributed by atoms with Gasteiger partial charge in [0.25, 0.3) is 5.69 Å². The lowest BCUT2D eigenvalue weighted by Crippen LogP contribution is -2.25. The average molecular weight is 419 g/mol. The Bertz CT molecular complexity index is 942. The fraction of sp³-hybridized carbons (Fsp3) is 0.250. The van der Waals surface area contributed by atoms with E-state index in [4.69, 9.17) is 16.3 Å². The fourth-order valence-electron chi connectivity index (χ4n) is 2.51. The number of hydrogen-bond acceptors (Lipinski definition) is 6. The highest BCUT2D eigenvalue weighted by molar-refractivity contribution is 6.31. The molecule has 0 aliphatic carbocycles. The van der Waals surface area contributed by atoms with Gasteiger partial charge < -0.3 is 10.1 Å². The summed E-state index contributed by atoms with van der Waals surface area (Å²) in [6.45, 7) is 3.26. The van der Waals surface area contributed by atoms with Gasteiger partial charge in [-0.1, -0.05) is 18.5 Å². The van der Waals surface area contributed by atoms with Gasteiger partial charge in [0.2, 0.25) is 11.7 Å². The van der Waals surface area contributed by atoms with E-state index in [1.54, 1.807) is 12.1 Å². The minimum atomic E-state index is -1.18.